The van der Waals surface area contributed by atoms with E-state index in [0.717, 1.165) is 0 Å². The van der Waals surface area contributed by atoms with Crippen molar-refractivity contribution < 1.29 is 23.1 Å². The molecular weight excluding hydrogens is 404 g/mol. The monoisotopic (exact) mass is 433 g/mol. The minimum atomic E-state index is -3.03. The molecule has 164 valence electrons. The summed E-state index contributed by atoms with van der Waals surface area (Å²) >= 11 is 0. The van der Waals surface area contributed by atoms with Crippen LogP contribution in [0.25, 0.3) is 0 Å². The highest BCUT2D eigenvalue weighted by atomic mass is 35.5. The molecule has 1 aromatic rings. The summed E-state index contributed by atoms with van der Waals surface area (Å²) in [7, 11) is 1.70. The number of hydrogen-bond donors (Lipinski definition) is 1. The standard InChI is InChI=1S/C20H29F2N3O3.ClH/c1-13(2)15(23)10-12-24(3)19(27)16-8-6-11-25(16)18(26)14-7-4-5-9-17(14)28-20(21)22;/h4-5,7,9,13,15-16,20H,6,8,10-12,23H2,1-3H3;1H. The van der Waals surface area contributed by atoms with Crippen molar-refractivity contribution in [3.8, 4) is 5.75 Å². The molecule has 2 amide bonds. The maximum absolute atomic E-state index is 13.0. The molecule has 0 radical (unpaired) electrons. The molecule has 1 aromatic carbocycles. The van der Waals surface area contributed by atoms with Gasteiger partial charge in [0, 0.05) is 26.2 Å². The van der Waals surface area contributed by atoms with Crippen LogP contribution in [0.5, 0.6) is 5.75 Å². The SMILES string of the molecule is CC(C)C(N)CCN(C)C(=O)C1CCCN1C(=O)c1ccccc1OC(F)F.Cl. The van der Waals surface area contributed by atoms with Crippen molar-refractivity contribution >= 4 is 24.2 Å². The van der Waals surface area contributed by atoms with Gasteiger partial charge >= 0.3 is 6.61 Å². The van der Waals surface area contributed by atoms with Gasteiger partial charge in [-0.1, -0.05) is 26.0 Å². The summed E-state index contributed by atoms with van der Waals surface area (Å²) in [6.07, 6.45) is 1.90. The third kappa shape index (κ3) is 6.54. The molecule has 2 unspecified atom stereocenters. The van der Waals surface area contributed by atoms with E-state index in [4.69, 9.17) is 5.73 Å². The van der Waals surface area contributed by atoms with Crippen molar-refractivity contribution in [2.75, 3.05) is 20.1 Å². The van der Waals surface area contributed by atoms with Crippen molar-refractivity contribution in [2.45, 2.75) is 51.8 Å². The molecule has 1 aliphatic heterocycles. The van der Waals surface area contributed by atoms with Crippen LogP contribution in [0.4, 0.5) is 8.78 Å². The second kappa shape index (κ2) is 11.3. The lowest BCUT2D eigenvalue weighted by atomic mass is 10.0. The van der Waals surface area contributed by atoms with Gasteiger partial charge in [0.1, 0.15) is 11.8 Å². The first-order valence-electron chi connectivity index (χ1n) is 9.57. The Morgan fingerprint density at radius 2 is 1.97 bits per heavy atom. The van der Waals surface area contributed by atoms with Crippen molar-refractivity contribution in [1.82, 2.24) is 9.80 Å². The van der Waals surface area contributed by atoms with Gasteiger partial charge in [-0.15, -0.1) is 12.4 Å². The second-order valence-corrected chi connectivity index (χ2v) is 7.49. The zero-order valence-electron chi connectivity index (χ0n) is 17.0. The fourth-order valence-corrected chi connectivity index (χ4v) is 3.30. The predicted octanol–water partition coefficient (Wildman–Crippen LogP) is 3.15. The highest BCUT2D eigenvalue weighted by Crippen LogP contribution is 2.27. The van der Waals surface area contributed by atoms with Gasteiger partial charge in [0.25, 0.3) is 5.91 Å². The number of hydrogen-bond acceptors (Lipinski definition) is 4. The Hall–Kier alpha value is -1.93. The molecule has 9 heteroatoms. The number of amides is 2. The molecular formula is C20H30ClF2N3O3. The third-order valence-electron chi connectivity index (χ3n) is 5.16. The van der Waals surface area contributed by atoms with Crippen LogP contribution < -0.4 is 10.5 Å². The Kier molecular flexibility index (Phi) is 9.79. The maximum Gasteiger partial charge on any atom is 0.387 e. The zero-order valence-corrected chi connectivity index (χ0v) is 17.8. The normalized spacial score (nSPS) is 17.2. The summed E-state index contributed by atoms with van der Waals surface area (Å²) in [6.45, 7) is 1.94. The van der Waals surface area contributed by atoms with E-state index in [1.807, 2.05) is 13.8 Å². The van der Waals surface area contributed by atoms with Crippen LogP contribution in [0.3, 0.4) is 0 Å². The molecule has 0 aromatic heterocycles. The topological polar surface area (TPSA) is 75.9 Å². The van der Waals surface area contributed by atoms with Gasteiger partial charge in [0.2, 0.25) is 5.91 Å². The quantitative estimate of drug-likeness (QED) is 0.683. The zero-order chi connectivity index (χ0) is 20.8. The van der Waals surface area contributed by atoms with Crippen LogP contribution in [0.15, 0.2) is 24.3 Å². The van der Waals surface area contributed by atoms with Crippen molar-refractivity contribution in [2.24, 2.45) is 11.7 Å². The highest BCUT2D eigenvalue weighted by Gasteiger charge is 2.37. The van der Waals surface area contributed by atoms with Gasteiger partial charge in [0.05, 0.1) is 5.56 Å². The van der Waals surface area contributed by atoms with Crippen molar-refractivity contribution in [3.05, 3.63) is 29.8 Å². The van der Waals surface area contributed by atoms with Crippen LogP contribution in [0, 0.1) is 5.92 Å². The lowest BCUT2D eigenvalue weighted by molar-refractivity contribution is -0.134. The molecule has 6 nitrogen and oxygen atoms in total. The number of likely N-dealkylation sites (tertiary alicyclic amines) is 1. The first-order valence-corrected chi connectivity index (χ1v) is 9.57. The third-order valence-corrected chi connectivity index (χ3v) is 5.16. The average Bonchev–Trinajstić information content (AvgIpc) is 3.14. The summed E-state index contributed by atoms with van der Waals surface area (Å²) in [5.41, 5.74) is 6.08. The number of para-hydroxylation sites is 1. The van der Waals surface area contributed by atoms with E-state index >= 15 is 0 Å². The van der Waals surface area contributed by atoms with E-state index in [9.17, 15) is 18.4 Å². The number of carbonyl (C=O) groups is 2. The molecule has 1 saturated heterocycles. The van der Waals surface area contributed by atoms with Gasteiger partial charge in [-0.2, -0.15) is 8.78 Å². The van der Waals surface area contributed by atoms with E-state index in [0.29, 0.717) is 38.3 Å². The van der Waals surface area contributed by atoms with Gasteiger partial charge in [0.15, 0.2) is 0 Å². The lowest BCUT2D eigenvalue weighted by Crippen LogP contribution is -2.47. The van der Waals surface area contributed by atoms with E-state index in [-0.39, 0.29) is 35.7 Å². The Balaban J connectivity index is 0.00000420. The number of nitrogens with zero attached hydrogens (tertiary/aromatic N) is 2. The molecule has 2 atom stereocenters. The number of carbonyl (C=O) groups excluding carboxylic acids is 2. The minimum absolute atomic E-state index is 0. The van der Waals surface area contributed by atoms with E-state index in [1.165, 1.54) is 23.1 Å². The number of alkyl halides is 2. The molecule has 29 heavy (non-hydrogen) atoms. The van der Waals surface area contributed by atoms with Crippen LogP contribution in [0.2, 0.25) is 0 Å². The fourth-order valence-electron chi connectivity index (χ4n) is 3.30. The number of halogens is 3. The molecule has 1 aliphatic rings. The predicted molar refractivity (Wildman–Crippen MR) is 109 cm³/mol. The summed E-state index contributed by atoms with van der Waals surface area (Å²) < 4.78 is 29.7. The molecule has 1 fully saturated rings. The van der Waals surface area contributed by atoms with Gasteiger partial charge < -0.3 is 20.3 Å². The Bertz CT molecular complexity index is 691. The smallest absolute Gasteiger partial charge is 0.387 e. The first-order chi connectivity index (χ1) is 13.2. The molecule has 1 heterocycles. The number of rotatable bonds is 8. The first kappa shape index (κ1) is 25.1. The Morgan fingerprint density at radius 1 is 1.31 bits per heavy atom. The number of likely N-dealkylation sites (N-methyl/N-ethyl adjacent to an activating group) is 1. The largest absolute Gasteiger partial charge is 0.434 e. The van der Waals surface area contributed by atoms with Crippen molar-refractivity contribution in [3.63, 3.8) is 0 Å². The molecule has 0 saturated carbocycles. The van der Waals surface area contributed by atoms with E-state index < -0.39 is 18.6 Å². The molecule has 0 aliphatic carbocycles. The average molecular weight is 434 g/mol. The van der Waals surface area contributed by atoms with E-state index in [1.54, 1.807) is 18.0 Å². The fraction of sp³-hybridized carbons (Fsp3) is 0.600. The molecule has 0 bridgehead atoms. The van der Waals surface area contributed by atoms with Gasteiger partial charge in [-0.3, -0.25) is 9.59 Å². The summed E-state index contributed by atoms with van der Waals surface area (Å²) in [4.78, 5) is 28.9. The second-order valence-electron chi connectivity index (χ2n) is 7.49. The van der Waals surface area contributed by atoms with Crippen molar-refractivity contribution in [1.29, 1.82) is 0 Å². The van der Waals surface area contributed by atoms with Gasteiger partial charge in [-0.25, -0.2) is 0 Å². The molecule has 2 N–H and O–H groups in total. The summed E-state index contributed by atoms with van der Waals surface area (Å²) in [5, 5.41) is 0. The van der Waals surface area contributed by atoms with Crippen LogP contribution in [-0.2, 0) is 4.79 Å². The number of benzene rings is 1. The molecule has 2 rings (SSSR count). The minimum Gasteiger partial charge on any atom is -0.434 e. The van der Waals surface area contributed by atoms with Crippen LogP contribution >= 0.6 is 12.4 Å². The van der Waals surface area contributed by atoms with Crippen LogP contribution in [-0.4, -0.2) is 60.4 Å². The number of nitrogens with two attached hydrogens (primary N) is 1. The van der Waals surface area contributed by atoms with E-state index in [2.05, 4.69) is 4.74 Å². The maximum atomic E-state index is 13.0. The number of ether oxygens (including phenoxy) is 1. The lowest BCUT2D eigenvalue weighted by Gasteiger charge is -2.29. The summed E-state index contributed by atoms with van der Waals surface area (Å²) in [5.74, 6) is -0.496. The Labute approximate surface area is 176 Å². The Morgan fingerprint density at radius 3 is 2.59 bits per heavy atom. The van der Waals surface area contributed by atoms with Crippen LogP contribution in [0.1, 0.15) is 43.5 Å². The molecule has 0 spiro atoms. The summed E-state index contributed by atoms with van der Waals surface area (Å²) in [6, 6.07) is 5.25. The highest BCUT2D eigenvalue weighted by molar-refractivity contribution is 6.00. The van der Waals surface area contributed by atoms with Gasteiger partial charge in [-0.05, 0) is 37.3 Å².